The largest absolute Gasteiger partial charge is 0.490 e. The van der Waals surface area contributed by atoms with Crippen molar-refractivity contribution in [2.45, 2.75) is 6.92 Å². The van der Waals surface area contributed by atoms with Crippen LogP contribution in [0.2, 0.25) is 0 Å². The third-order valence-electron chi connectivity index (χ3n) is 1.96. The molecule has 0 fully saturated rings. The van der Waals surface area contributed by atoms with Crippen molar-refractivity contribution in [3.05, 3.63) is 24.3 Å². The number of benzene rings is 1. The van der Waals surface area contributed by atoms with Crippen molar-refractivity contribution in [2.75, 3.05) is 32.2 Å². The molecule has 90 valence electrons. The quantitative estimate of drug-likeness (QED) is 0.561. The lowest BCUT2D eigenvalue weighted by molar-refractivity contribution is 0.276. The summed E-state index contributed by atoms with van der Waals surface area (Å²) in [5, 5.41) is 3.16. The summed E-state index contributed by atoms with van der Waals surface area (Å²) in [6.07, 6.45) is 0. The van der Waals surface area contributed by atoms with Gasteiger partial charge in [-0.05, 0) is 19.1 Å². The van der Waals surface area contributed by atoms with Gasteiger partial charge in [-0.25, -0.2) is 0 Å². The fourth-order valence-corrected chi connectivity index (χ4v) is 1.40. The highest BCUT2D eigenvalue weighted by atomic mass is 35.5. The Bertz CT molecular complexity index is 294. The highest BCUT2D eigenvalue weighted by molar-refractivity contribution is 6.18. The van der Waals surface area contributed by atoms with Gasteiger partial charge < -0.3 is 14.8 Å². The van der Waals surface area contributed by atoms with Gasteiger partial charge >= 0.3 is 0 Å². The van der Waals surface area contributed by atoms with E-state index in [4.69, 9.17) is 21.1 Å². The van der Waals surface area contributed by atoms with Crippen LogP contribution in [0.25, 0.3) is 0 Å². The Kier molecular flexibility index (Phi) is 6.77. The van der Waals surface area contributed by atoms with Gasteiger partial charge in [0.15, 0.2) is 11.5 Å². The Balaban J connectivity index is 2.34. The molecule has 0 radical (unpaired) electrons. The SMILES string of the molecule is CCOc1ccccc1OCCNCCCl. The molecule has 4 heteroatoms. The number of hydrogen-bond donors (Lipinski definition) is 1. The molecule has 0 amide bonds. The maximum Gasteiger partial charge on any atom is 0.161 e. The number of ether oxygens (including phenoxy) is 2. The van der Waals surface area contributed by atoms with Crippen LogP contribution in [0.1, 0.15) is 6.92 Å². The highest BCUT2D eigenvalue weighted by Gasteiger charge is 2.02. The van der Waals surface area contributed by atoms with Crippen LogP contribution in [-0.4, -0.2) is 32.2 Å². The first kappa shape index (κ1) is 13.1. The van der Waals surface area contributed by atoms with E-state index >= 15 is 0 Å². The molecule has 0 aliphatic heterocycles. The molecule has 0 aliphatic carbocycles. The minimum absolute atomic E-state index is 0.612. The molecule has 1 N–H and O–H groups in total. The third-order valence-corrected chi connectivity index (χ3v) is 2.15. The first-order valence-electron chi connectivity index (χ1n) is 5.49. The van der Waals surface area contributed by atoms with E-state index in [2.05, 4.69) is 5.32 Å². The number of alkyl halides is 1. The molecule has 1 rings (SSSR count). The van der Waals surface area contributed by atoms with Crippen LogP contribution in [0.4, 0.5) is 0 Å². The molecule has 0 atom stereocenters. The van der Waals surface area contributed by atoms with Gasteiger partial charge in [-0.1, -0.05) is 12.1 Å². The summed E-state index contributed by atoms with van der Waals surface area (Å²) >= 11 is 5.54. The van der Waals surface area contributed by atoms with Crippen molar-refractivity contribution < 1.29 is 9.47 Å². The maximum atomic E-state index is 5.61. The molecular weight excluding hydrogens is 226 g/mol. The molecule has 1 aromatic rings. The average Bonchev–Trinajstić information content (AvgIpc) is 2.31. The number of halogens is 1. The molecule has 0 aliphatic rings. The zero-order valence-electron chi connectivity index (χ0n) is 9.54. The van der Waals surface area contributed by atoms with Gasteiger partial charge in [-0.15, -0.1) is 11.6 Å². The summed E-state index contributed by atoms with van der Waals surface area (Å²) in [5.41, 5.74) is 0. The normalized spacial score (nSPS) is 10.1. The van der Waals surface area contributed by atoms with Crippen LogP contribution >= 0.6 is 11.6 Å². The summed E-state index contributed by atoms with van der Waals surface area (Å²) in [4.78, 5) is 0. The number of nitrogens with one attached hydrogen (secondary N) is 1. The smallest absolute Gasteiger partial charge is 0.161 e. The van der Waals surface area contributed by atoms with E-state index < -0.39 is 0 Å². The summed E-state index contributed by atoms with van der Waals surface area (Å²) in [5.74, 6) is 2.20. The minimum atomic E-state index is 0.612. The van der Waals surface area contributed by atoms with Crippen molar-refractivity contribution in [2.24, 2.45) is 0 Å². The molecule has 0 aromatic heterocycles. The predicted octanol–water partition coefficient (Wildman–Crippen LogP) is 2.29. The summed E-state index contributed by atoms with van der Waals surface area (Å²) < 4.78 is 11.1. The molecule has 3 nitrogen and oxygen atoms in total. The molecule has 0 saturated heterocycles. The van der Waals surface area contributed by atoms with Gasteiger partial charge in [0.1, 0.15) is 6.61 Å². The monoisotopic (exact) mass is 243 g/mol. The Labute approximate surface area is 102 Å². The lowest BCUT2D eigenvalue weighted by Gasteiger charge is -2.11. The fourth-order valence-electron chi connectivity index (χ4n) is 1.27. The number of para-hydroxylation sites is 2. The van der Waals surface area contributed by atoms with Gasteiger partial charge in [0, 0.05) is 19.0 Å². The van der Waals surface area contributed by atoms with E-state index in [1.54, 1.807) is 0 Å². The zero-order chi connectivity index (χ0) is 11.6. The second-order valence-corrected chi connectivity index (χ2v) is 3.55. The van der Waals surface area contributed by atoms with Crippen molar-refractivity contribution in [3.8, 4) is 11.5 Å². The first-order valence-corrected chi connectivity index (χ1v) is 6.03. The second-order valence-electron chi connectivity index (χ2n) is 3.17. The lowest BCUT2D eigenvalue weighted by Crippen LogP contribution is -2.22. The van der Waals surface area contributed by atoms with E-state index in [1.165, 1.54) is 0 Å². The molecule has 1 aromatic carbocycles. The van der Waals surface area contributed by atoms with Crippen molar-refractivity contribution in [3.63, 3.8) is 0 Å². The fraction of sp³-hybridized carbons (Fsp3) is 0.500. The predicted molar refractivity (Wildman–Crippen MR) is 66.7 cm³/mol. The molecule has 0 unspecified atom stereocenters. The third kappa shape index (κ3) is 4.73. The Morgan fingerprint density at radius 3 is 2.44 bits per heavy atom. The molecule has 0 saturated carbocycles. The second kappa shape index (κ2) is 8.25. The molecule has 0 bridgehead atoms. The van der Waals surface area contributed by atoms with Crippen LogP contribution in [0.3, 0.4) is 0 Å². The number of rotatable bonds is 8. The minimum Gasteiger partial charge on any atom is -0.490 e. The first-order chi connectivity index (χ1) is 7.88. The van der Waals surface area contributed by atoms with Crippen LogP contribution in [-0.2, 0) is 0 Å². The van der Waals surface area contributed by atoms with Crippen LogP contribution in [0, 0.1) is 0 Å². The Morgan fingerprint density at radius 1 is 1.12 bits per heavy atom. The van der Waals surface area contributed by atoms with Gasteiger partial charge in [-0.2, -0.15) is 0 Å². The van der Waals surface area contributed by atoms with Crippen molar-refractivity contribution >= 4 is 11.6 Å². The number of hydrogen-bond acceptors (Lipinski definition) is 3. The van der Waals surface area contributed by atoms with Gasteiger partial charge in [0.25, 0.3) is 0 Å². The van der Waals surface area contributed by atoms with Crippen LogP contribution in [0.5, 0.6) is 11.5 Å². The molecule has 16 heavy (non-hydrogen) atoms. The highest BCUT2D eigenvalue weighted by Crippen LogP contribution is 2.25. The summed E-state index contributed by atoms with van der Waals surface area (Å²) in [6.45, 7) is 4.80. The topological polar surface area (TPSA) is 30.5 Å². The van der Waals surface area contributed by atoms with E-state index in [0.29, 0.717) is 19.1 Å². The summed E-state index contributed by atoms with van der Waals surface area (Å²) in [6, 6.07) is 7.69. The Morgan fingerprint density at radius 2 is 1.81 bits per heavy atom. The molecule has 0 heterocycles. The van der Waals surface area contributed by atoms with Crippen molar-refractivity contribution in [1.82, 2.24) is 5.32 Å². The molecular formula is C12H18ClNO2. The van der Waals surface area contributed by atoms with Crippen molar-refractivity contribution in [1.29, 1.82) is 0 Å². The molecule has 0 spiro atoms. The standard InChI is InChI=1S/C12H18ClNO2/c1-2-15-11-5-3-4-6-12(11)16-10-9-14-8-7-13/h3-6,14H,2,7-10H2,1H3. The van der Waals surface area contributed by atoms with Gasteiger partial charge in [-0.3, -0.25) is 0 Å². The van der Waals surface area contributed by atoms with E-state index in [-0.39, 0.29) is 0 Å². The van der Waals surface area contributed by atoms with Crippen LogP contribution < -0.4 is 14.8 Å². The van der Waals surface area contributed by atoms with Gasteiger partial charge in [0.05, 0.1) is 6.61 Å². The zero-order valence-corrected chi connectivity index (χ0v) is 10.3. The maximum absolute atomic E-state index is 5.61. The average molecular weight is 244 g/mol. The van der Waals surface area contributed by atoms with E-state index in [1.807, 2.05) is 31.2 Å². The van der Waals surface area contributed by atoms with Gasteiger partial charge in [0.2, 0.25) is 0 Å². The summed E-state index contributed by atoms with van der Waals surface area (Å²) in [7, 11) is 0. The lowest BCUT2D eigenvalue weighted by atomic mass is 10.3. The van der Waals surface area contributed by atoms with E-state index in [0.717, 1.165) is 24.6 Å². The van der Waals surface area contributed by atoms with Crippen LogP contribution in [0.15, 0.2) is 24.3 Å². The van der Waals surface area contributed by atoms with E-state index in [9.17, 15) is 0 Å². The Hall–Kier alpha value is -0.930.